The fourth-order valence-corrected chi connectivity index (χ4v) is 1.39. The van der Waals surface area contributed by atoms with Crippen molar-refractivity contribution < 1.29 is 19.1 Å². The zero-order valence-corrected chi connectivity index (χ0v) is 10.9. The van der Waals surface area contributed by atoms with Gasteiger partial charge in [0.25, 0.3) is 0 Å². The Hall–Kier alpha value is -2.35. The number of guanidine groups is 1. The zero-order valence-electron chi connectivity index (χ0n) is 10.9. The second-order valence-electron chi connectivity index (χ2n) is 4.12. The van der Waals surface area contributed by atoms with Crippen LogP contribution in [0.2, 0.25) is 0 Å². The Balaban J connectivity index is 2.22. The molecule has 110 valence electrons. The van der Waals surface area contributed by atoms with Gasteiger partial charge in [-0.3, -0.25) is 9.59 Å². The quantitative estimate of drug-likeness (QED) is 0.219. The first kappa shape index (κ1) is 15.7. The van der Waals surface area contributed by atoms with Crippen LogP contribution < -0.4 is 16.8 Å². The Bertz CT molecular complexity index is 470. The van der Waals surface area contributed by atoms with Crippen LogP contribution in [0.25, 0.3) is 0 Å². The van der Waals surface area contributed by atoms with Gasteiger partial charge in [0.15, 0.2) is 11.7 Å². The maximum atomic E-state index is 11.5. The number of carboxylic acid groups (broad SMARTS) is 1. The van der Waals surface area contributed by atoms with E-state index in [9.17, 15) is 9.59 Å². The molecule has 1 atom stereocenters. The molecule has 1 aromatic heterocycles. The van der Waals surface area contributed by atoms with Gasteiger partial charge in [0.05, 0.1) is 6.26 Å². The summed E-state index contributed by atoms with van der Waals surface area (Å²) in [6.07, 6.45) is 2.28. The van der Waals surface area contributed by atoms with Crippen LogP contribution in [0.5, 0.6) is 0 Å². The van der Waals surface area contributed by atoms with Crippen molar-refractivity contribution in [2.24, 2.45) is 16.5 Å². The Kier molecular flexibility index (Phi) is 6.24. The monoisotopic (exact) mass is 282 g/mol. The van der Waals surface area contributed by atoms with E-state index in [0.29, 0.717) is 19.4 Å². The van der Waals surface area contributed by atoms with Crippen molar-refractivity contribution in [3.05, 3.63) is 24.2 Å². The summed E-state index contributed by atoms with van der Waals surface area (Å²) in [5, 5.41) is 11.4. The molecular formula is C12H18N4O4. The molecule has 0 fully saturated rings. The van der Waals surface area contributed by atoms with Gasteiger partial charge >= 0.3 is 5.97 Å². The predicted molar refractivity (Wildman–Crippen MR) is 72.4 cm³/mol. The van der Waals surface area contributed by atoms with Crippen LogP contribution in [0.15, 0.2) is 27.8 Å². The van der Waals surface area contributed by atoms with Gasteiger partial charge in [-0.1, -0.05) is 0 Å². The van der Waals surface area contributed by atoms with Crippen molar-refractivity contribution in [2.75, 3.05) is 13.1 Å². The molecule has 0 aliphatic rings. The number of ketones is 1. The molecule has 0 saturated heterocycles. The van der Waals surface area contributed by atoms with Crippen molar-refractivity contribution in [1.29, 1.82) is 0 Å². The SMILES string of the molecule is NC(=NCC(=O)c1ccco1)NCCC[C@H](N)C(=O)O. The van der Waals surface area contributed by atoms with Gasteiger partial charge in [-0.2, -0.15) is 0 Å². The van der Waals surface area contributed by atoms with E-state index in [-0.39, 0.29) is 24.0 Å². The van der Waals surface area contributed by atoms with Gasteiger partial charge in [0.2, 0.25) is 5.78 Å². The molecular weight excluding hydrogens is 264 g/mol. The summed E-state index contributed by atoms with van der Waals surface area (Å²) in [7, 11) is 0. The van der Waals surface area contributed by atoms with Crippen LogP contribution in [0, 0.1) is 0 Å². The molecule has 1 aromatic rings. The number of hydrogen-bond acceptors (Lipinski definition) is 5. The number of carboxylic acids is 1. The number of aliphatic imine (C=N–C) groups is 1. The number of carbonyl (C=O) groups is 2. The molecule has 0 bridgehead atoms. The average molecular weight is 282 g/mol. The highest BCUT2D eigenvalue weighted by Crippen LogP contribution is 2.01. The smallest absolute Gasteiger partial charge is 0.320 e. The lowest BCUT2D eigenvalue weighted by Crippen LogP contribution is -2.35. The largest absolute Gasteiger partial charge is 0.480 e. The van der Waals surface area contributed by atoms with Crippen molar-refractivity contribution in [2.45, 2.75) is 18.9 Å². The van der Waals surface area contributed by atoms with E-state index in [1.54, 1.807) is 12.1 Å². The van der Waals surface area contributed by atoms with Gasteiger partial charge in [0.1, 0.15) is 12.6 Å². The summed E-state index contributed by atoms with van der Waals surface area (Å²) in [5.41, 5.74) is 10.9. The van der Waals surface area contributed by atoms with E-state index in [1.165, 1.54) is 6.26 Å². The van der Waals surface area contributed by atoms with E-state index in [1.807, 2.05) is 0 Å². The number of aliphatic carboxylic acids is 1. The van der Waals surface area contributed by atoms with E-state index < -0.39 is 12.0 Å². The predicted octanol–water partition coefficient (Wildman–Crippen LogP) is -0.441. The first-order valence-corrected chi connectivity index (χ1v) is 6.09. The Morgan fingerprint density at radius 3 is 2.85 bits per heavy atom. The summed E-state index contributed by atoms with van der Waals surface area (Å²) in [5.74, 6) is -0.953. The number of Topliss-reactive ketones (excluding diaryl/α,β-unsaturated/α-hetero) is 1. The molecule has 0 aliphatic carbocycles. The van der Waals surface area contributed by atoms with Crippen molar-refractivity contribution in [3.63, 3.8) is 0 Å². The normalized spacial score (nSPS) is 12.9. The Morgan fingerprint density at radius 1 is 1.50 bits per heavy atom. The zero-order chi connectivity index (χ0) is 15.0. The third-order valence-electron chi connectivity index (χ3n) is 2.50. The molecule has 1 rings (SSSR count). The number of carbonyl (C=O) groups excluding carboxylic acids is 1. The van der Waals surface area contributed by atoms with Crippen molar-refractivity contribution in [3.8, 4) is 0 Å². The minimum atomic E-state index is -1.03. The minimum Gasteiger partial charge on any atom is -0.480 e. The lowest BCUT2D eigenvalue weighted by atomic mass is 10.2. The summed E-state index contributed by atoms with van der Waals surface area (Å²) in [6.45, 7) is 0.326. The van der Waals surface area contributed by atoms with E-state index in [2.05, 4.69) is 10.3 Å². The highest BCUT2D eigenvalue weighted by Gasteiger charge is 2.10. The van der Waals surface area contributed by atoms with Crippen LogP contribution in [0.4, 0.5) is 0 Å². The molecule has 0 saturated carbocycles. The van der Waals surface area contributed by atoms with Crippen LogP contribution in [-0.4, -0.2) is 41.9 Å². The average Bonchev–Trinajstić information content (AvgIpc) is 2.94. The van der Waals surface area contributed by atoms with Gasteiger partial charge < -0.3 is 26.3 Å². The maximum Gasteiger partial charge on any atom is 0.320 e. The Morgan fingerprint density at radius 2 is 2.25 bits per heavy atom. The molecule has 1 heterocycles. The third kappa shape index (κ3) is 5.53. The Labute approximate surface area is 115 Å². The van der Waals surface area contributed by atoms with E-state index >= 15 is 0 Å². The summed E-state index contributed by atoms with van der Waals surface area (Å²) in [6, 6.07) is 2.29. The highest BCUT2D eigenvalue weighted by molar-refractivity contribution is 5.96. The summed E-state index contributed by atoms with van der Waals surface area (Å²) in [4.78, 5) is 25.9. The topological polar surface area (TPSA) is 144 Å². The molecule has 0 unspecified atom stereocenters. The number of nitrogens with one attached hydrogen (secondary N) is 1. The summed E-state index contributed by atoms with van der Waals surface area (Å²) < 4.78 is 4.93. The third-order valence-corrected chi connectivity index (χ3v) is 2.50. The maximum absolute atomic E-state index is 11.5. The van der Waals surface area contributed by atoms with Crippen LogP contribution in [0.3, 0.4) is 0 Å². The summed E-state index contributed by atoms with van der Waals surface area (Å²) >= 11 is 0. The molecule has 0 aromatic carbocycles. The van der Waals surface area contributed by atoms with E-state index in [0.717, 1.165) is 0 Å². The second-order valence-corrected chi connectivity index (χ2v) is 4.12. The van der Waals surface area contributed by atoms with Crippen LogP contribution in [-0.2, 0) is 4.79 Å². The van der Waals surface area contributed by atoms with Crippen molar-refractivity contribution in [1.82, 2.24) is 5.32 Å². The van der Waals surface area contributed by atoms with Gasteiger partial charge in [-0.15, -0.1) is 0 Å². The number of hydrogen-bond donors (Lipinski definition) is 4. The first-order chi connectivity index (χ1) is 9.50. The number of nitrogens with zero attached hydrogens (tertiary/aromatic N) is 1. The molecule has 0 radical (unpaired) electrons. The lowest BCUT2D eigenvalue weighted by Gasteiger charge is -2.07. The molecule has 0 aliphatic heterocycles. The number of furan rings is 1. The highest BCUT2D eigenvalue weighted by atomic mass is 16.4. The second kappa shape index (κ2) is 7.95. The van der Waals surface area contributed by atoms with Gasteiger partial charge in [-0.05, 0) is 25.0 Å². The molecule has 8 nitrogen and oxygen atoms in total. The molecule has 8 heteroatoms. The molecule has 20 heavy (non-hydrogen) atoms. The fraction of sp³-hybridized carbons (Fsp3) is 0.417. The minimum absolute atomic E-state index is 0.110. The lowest BCUT2D eigenvalue weighted by molar-refractivity contribution is -0.138. The number of nitrogens with two attached hydrogens (primary N) is 2. The molecule has 6 N–H and O–H groups in total. The van der Waals surface area contributed by atoms with Gasteiger partial charge in [0, 0.05) is 6.54 Å². The van der Waals surface area contributed by atoms with Gasteiger partial charge in [-0.25, -0.2) is 4.99 Å². The first-order valence-electron chi connectivity index (χ1n) is 6.09. The van der Waals surface area contributed by atoms with Crippen LogP contribution in [0.1, 0.15) is 23.4 Å². The van der Waals surface area contributed by atoms with Crippen molar-refractivity contribution >= 4 is 17.7 Å². The molecule has 0 amide bonds. The van der Waals surface area contributed by atoms with E-state index in [4.69, 9.17) is 21.0 Å². The number of rotatable bonds is 8. The van der Waals surface area contributed by atoms with Crippen LogP contribution >= 0.6 is 0 Å². The molecule has 0 spiro atoms. The fourth-order valence-electron chi connectivity index (χ4n) is 1.39. The standard InChI is InChI=1S/C12H18N4O4/c13-8(11(18)19)3-1-5-15-12(14)16-7-9(17)10-4-2-6-20-10/h2,4,6,8H,1,3,5,7,13H2,(H,18,19)(H3,14,15,16)/t8-/m0/s1.